The van der Waals surface area contributed by atoms with Gasteiger partial charge in [0.25, 0.3) is 0 Å². The number of hydrogen-bond donors (Lipinski definition) is 1. The molecule has 2 aromatic carbocycles. The van der Waals surface area contributed by atoms with E-state index in [9.17, 15) is 0 Å². The van der Waals surface area contributed by atoms with Crippen molar-refractivity contribution in [1.29, 1.82) is 0 Å². The largest absolute Gasteiger partial charge is 0.497 e. The lowest BCUT2D eigenvalue weighted by Crippen LogP contribution is -2.08. The molecule has 0 saturated heterocycles. The first-order chi connectivity index (χ1) is 9.28. The molecule has 0 saturated carbocycles. The number of imidazole rings is 1. The standard InChI is InChI=1S/C15H15N3O/c1-11-9-12(19-2)7-8-13(11)17-18-10-16-14-5-3-4-6-15(14)18/h3-10,17H,1-2H3. The predicted molar refractivity (Wildman–Crippen MR) is 76.5 cm³/mol. The lowest BCUT2D eigenvalue weighted by molar-refractivity contribution is 0.414. The summed E-state index contributed by atoms with van der Waals surface area (Å²) >= 11 is 0. The predicted octanol–water partition coefficient (Wildman–Crippen LogP) is 3.23. The summed E-state index contributed by atoms with van der Waals surface area (Å²) in [5.41, 5.74) is 7.53. The molecule has 0 aliphatic heterocycles. The molecule has 1 N–H and O–H groups in total. The fraction of sp³-hybridized carbons (Fsp3) is 0.133. The van der Waals surface area contributed by atoms with Crippen LogP contribution in [0.4, 0.5) is 5.69 Å². The Bertz CT molecular complexity index is 718. The number of methoxy groups -OCH3 is 1. The minimum atomic E-state index is 0.860. The number of fused-ring (bicyclic) bond motifs is 1. The molecular weight excluding hydrogens is 238 g/mol. The highest BCUT2D eigenvalue weighted by atomic mass is 16.5. The second-order valence-corrected chi connectivity index (χ2v) is 4.40. The van der Waals surface area contributed by atoms with Crippen molar-refractivity contribution in [1.82, 2.24) is 9.66 Å². The Morgan fingerprint density at radius 1 is 1.16 bits per heavy atom. The van der Waals surface area contributed by atoms with Crippen LogP contribution in [0.5, 0.6) is 5.75 Å². The number of hydrogen-bond acceptors (Lipinski definition) is 3. The molecule has 1 heterocycles. The van der Waals surface area contributed by atoms with Crippen LogP contribution in [0.3, 0.4) is 0 Å². The van der Waals surface area contributed by atoms with Crippen molar-refractivity contribution >= 4 is 16.7 Å². The zero-order valence-corrected chi connectivity index (χ0v) is 10.9. The van der Waals surface area contributed by atoms with Gasteiger partial charge in [-0.2, -0.15) is 0 Å². The van der Waals surface area contributed by atoms with Crippen LogP contribution in [-0.2, 0) is 0 Å². The maximum atomic E-state index is 5.21. The van der Waals surface area contributed by atoms with Crippen LogP contribution < -0.4 is 10.2 Å². The number of para-hydroxylation sites is 2. The molecule has 3 aromatic rings. The summed E-state index contributed by atoms with van der Waals surface area (Å²) in [6, 6.07) is 14.0. The number of rotatable bonds is 3. The summed E-state index contributed by atoms with van der Waals surface area (Å²) in [6.07, 6.45) is 1.79. The Morgan fingerprint density at radius 2 is 2.00 bits per heavy atom. The zero-order chi connectivity index (χ0) is 13.2. The molecule has 0 bridgehead atoms. The van der Waals surface area contributed by atoms with Crippen LogP contribution >= 0.6 is 0 Å². The highest BCUT2D eigenvalue weighted by molar-refractivity contribution is 5.76. The highest BCUT2D eigenvalue weighted by Gasteiger charge is 2.04. The van der Waals surface area contributed by atoms with Gasteiger partial charge in [0.2, 0.25) is 0 Å². The fourth-order valence-corrected chi connectivity index (χ4v) is 2.07. The van der Waals surface area contributed by atoms with Crippen LogP contribution in [-0.4, -0.2) is 16.8 Å². The van der Waals surface area contributed by atoms with E-state index < -0.39 is 0 Å². The Balaban J connectivity index is 1.97. The number of benzene rings is 2. The molecule has 0 aliphatic carbocycles. The van der Waals surface area contributed by atoms with Crippen molar-refractivity contribution in [3.05, 3.63) is 54.4 Å². The van der Waals surface area contributed by atoms with Gasteiger partial charge >= 0.3 is 0 Å². The third kappa shape index (κ3) is 2.12. The average molecular weight is 253 g/mol. The minimum Gasteiger partial charge on any atom is -0.497 e. The van der Waals surface area contributed by atoms with Crippen molar-refractivity contribution in [2.24, 2.45) is 0 Å². The number of aromatic nitrogens is 2. The first-order valence-electron chi connectivity index (χ1n) is 6.11. The molecule has 19 heavy (non-hydrogen) atoms. The van der Waals surface area contributed by atoms with Gasteiger partial charge in [0.15, 0.2) is 0 Å². The van der Waals surface area contributed by atoms with Crippen LogP contribution in [0, 0.1) is 6.92 Å². The van der Waals surface area contributed by atoms with Crippen LogP contribution in [0.1, 0.15) is 5.56 Å². The zero-order valence-electron chi connectivity index (χ0n) is 10.9. The van der Waals surface area contributed by atoms with E-state index >= 15 is 0 Å². The van der Waals surface area contributed by atoms with E-state index in [1.807, 2.05) is 54.1 Å². The van der Waals surface area contributed by atoms with Gasteiger partial charge in [0.1, 0.15) is 12.1 Å². The van der Waals surface area contributed by atoms with Gasteiger partial charge < -0.3 is 4.74 Å². The van der Waals surface area contributed by atoms with Gasteiger partial charge in [0.05, 0.1) is 23.8 Å². The molecular formula is C15H15N3O. The second kappa shape index (κ2) is 4.65. The Morgan fingerprint density at radius 3 is 2.79 bits per heavy atom. The van der Waals surface area contributed by atoms with E-state index in [-0.39, 0.29) is 0 Å². The molecule has 0 atom stereocenters. The molecule has 3 rings (SSSR count). The summed E-state index contributed by atoms with van der Waals surface area (Å²) in [6.45, 7) is 2.05. The smallest absolute Gasteiger partial charge is 0.119 e. The van der Waals surface area contributed by atoms with Gasteiger partial charge in [-0.1, -0.05) is 12.1 Å². The SMILES string of the molecule is COc1ccc(Nn2cnc3ccccc32)c(C)c1. The number of nitrogens with zero attached hydrogens (tertiary/aromatic N) is 2. The van der Waals surface area contributed by atoms with Crippen molar-refractivity contribution < 1.29 is 4.74 Å². The second-order valence-electron chi connectivity index (χ2n) is 4.40. The lowest BCUT2D eigenvalue weighted by Gasteiger charge is -2.12. The van der Waals surface area contributed by atoms with Gasteiger partial charge in [-0.25, -0.2) is 9.66 Å². The summed E-state index contributed by atoms with van der Waals surface area (Å²) in [4.78, 5) is 4.35. The van der Waals surface area contributed by atoms with Crippen LogP contribution in [0.2, 0.25) is 0 Å². The Labute approximate surface area is 111 Å². The van der Waals surface area contributed by atoms with E-state index in [0.29, 0.717) is 0 Å². The van der Waals surface area contributed by atoms with E-state index in [1.54, 1.807) is 13.4 Å². The first-order valence-corrected chi connectivity index (χ1v) is 6.11. The van der Waals surface area contributed by atoms with Gasteiger partial charge in [-0.05, 0) is 42.8 Å². The highest BCUT2D eigenvalue weighted by Crippen LogP contribution is 2.22. The minimum absolute atomic E-state index is 0.860. The molecule has 0 amide bonds. The van der Waals surface area contributed by atoms with Crippen molar-refractivity contribution in [2.75, 3.05) is 12.5 Å². The van der Waals surface area contributed by atoms with Crippen molar-refractivity contribution in [3.8, 4) is 5.75 Å². The first kappa shape index (κ1) is 11.6. The summed E-state index contributed by atoms with van der Waals surface area (Å²) < 4.78 is 7.13. The molecule has 4 heteroatoms. The fourth-order valence-electron chi connectivity index (χ4n) is 2.07. The molecule has 0 spiro atoms. The summed E-state index contributed by atoms with van der Waals surface area (Å²) in [7, 11) is 1.67. The van der Waals surface area contributed by atoms with E-state index in [4.69, 9.17) is 4.74 Å². The molecule has 4 nitrogen and oxygen atoms in total. The Hall–Kier alpha value is -2.49. The Kier molecular flexibility index (Phi) is 2.83. The van der Waals surface area contributed by atoms with Crippen LogP contribution in [0.25, 0.3) is 11.0 Å². The monoisotopic (exact) mass is 253 g/mol. The average Bonchev–Trinajstić information content (AvgIpc) is 2.84. The van der Waals surface area contributed by atoms with Gasteiger partial charge in [0, 0.05) is 0 Å². The normalized spacial score (nSPS) is 10.6. The summed E-state index contributed by atoms with van der Waals surface area (Å²) in [5, 5.41) is 0. The van der Waals surface area contributed by atoms with Crippen molar-refractivity contribution in [3.63, 3.8) is 0 Å². The third-order valence-electron chi connectivity index (χ3n) is 3.13. The third-order valence-corrected chi connectivity index (χ3v) is 3.13. The lowest BCUT2D eigenvalue weighted by atomic mass is 10.2. The quantitative estimate of drug-likeness (QED) is 0.779. The molecule has 1 aromatic heterocycles. The number of nitrogens with one attached hydrogen (secondary N) is 1. The van der Waals surface area contributed by atoms with E-state index in [2.05, 4.69) is 10.4 Å². The molecule has 0 radical (unpaired) electrons. The molecule has 96 valence electrons. The maximum Gasteiger partial charge on any atom is 0.119 e. The number of aryl methyl sites for hydroxylation is 1. The number of ether oxygens (including phenoxy) is 1. The van der Waals surface area contributed by atoms with Crippen LogP contribution in [0.15, 0.2) is 48.8 Å². The van der Waals surface area contributed by atoms with Gasteiger partial charge in [-0.15, -0.1) is 0 Å². The van der Waals surface area contributed by atoms with Crippen molar-refractivity contribution in [2.45, 2.75) is 6.92 Å². The van der Waals surface area contributed by atoms with E-state index in [1.165, 1.54) is 0 Å². The molecule has 0 aliphatic rings. The number of anilines is 1. The van der Waals surface area contributed by atoms with E-state index in [0.717, 1.165) is 28.0 Å². The van der Waals surface area contributed by atoms with Gasteiger partial charge in [-0.3, -0.25) is 5.43 Å². The summed E-state index contributed by atoms with van der Waals surface area (Å²) in [5.74, 6) is 0.860. The molecule has 0 fully saturated rings. The molecule has 0 unspecified atom stereocenters. The maximum absolute atomic E-state index is 5.21. The topological polar surface area (TPSA) is 39.1 Å².